The number of ether oxygens (including phenoxy) is 3. The molecular formula is C46H50N4O7. The molecule has 11 heteroatoms. The molecule has 0 aromatic heterocycles. The SMILES string of the molecule is CNC[C@H](O)C[C@@H]1NC(=O)[C@@H](NC)Cc2cc(ccc2OCc2ccccc2)-c2ccc(OCc3ccccc3)c(c2)C[C@@H](C(=O)OCc2ccccc2)NC1=O. The van der Waals surface area contributed by atoms with Crippen molar-refractivity contribution in [1.82, 2.24) is 21.3 Å². The molecule has 4 bridgehead atoms. The van der Waals surface area contributed by atoms with Crippen LogP contribution >= 0.6 is 0 Å². The molecule has 5 aromatic carbocycles. The van der Waals surface area contributed by atoms with Crippen LogP contribution < -0.4 is 30.7 Å². The van der Waals surface area contributed by atoms with Crippen LogP contribution in [-0.4, -0.2) is 67.8 Å². The minimum atomic E-state index is -1.19. The lowest BCUT2D eigenvalue weighted by Gasteiger charge is -2.26. The molecule has 0 aliphatic carbocycles. The standard InChI is InChI=1S/C46H50N4O7/c1-47-27-38(51)26-40-45(53)50-41(46(54)57-30-33-16-10-5-11-17-33)25-37-23-35(19-21-43(37)56-29-32-14-8-4-9-15-32)34-18-20-42(55-28-31-12-6-3-7-13-31)36(22-34)24-39(48-2)44(52)49-40/h3-23,38-41,47-48,51H,24-30H2,1-2H3,(H,49,52)(H,50,53)/t38-,39+,40+,41+/m1/s1. The van der Waals surface area contributed by atoms with E-state index in [2.05, 4.69) is 21.3 Å². The van der Waals surface area contributed by atoms with Crippen LogP contribution in [0.4, 0.5) is 0 Å². The zero-order valence-corrected chi connectivity index (χ0v) is 32.3. The van der Waals surface area contributed by atoms with Gasteiger partial charge in [-0.15, -0.1) is 0 Å². The molecule has 6 rings (SSSR count). The smallest absolute Gasteiger partial charge is 0.329 e. The molecule has 0 saturated carbocycles. The van der Waals surface area contributed by atoms with Gasteiger partial charge in [0.2, 0.25) is 11.8 Å². The lowest BCUT2D eigenvalue weighted by Crippen LogP contribution is -2.56. The van der Waals surface area contributed by atoms with E-state index >= 15 is 0 Å². The Hall–Kier alpha value is -6.01. The monoisotopic (exact) mass is 770 g/mol. The predicted molar refractivity (Wildman–Crippen MR) is 218 cm³/mol. The summed E-state index contributed by atoms with van der Waals surface area (Å²) in [7, 11) is 3.36. The van der Waals surface area contributed by atoms with Gasteiger partial charge in [-0.25, -0.2) is 4.79 Å². The number of nitrogens with one attached hydrogen (secondary N) is 4. The summed E-state index contributed by atoms with van der Waals surface area (Å²) in [4.78, 5) is 42.2. The van der Waals surface area contributed by atoms with Crippen molar-refractivity contribution in [2.75, 3.05) is 20.6 Å². The molecule has 11 nitrogen and oxygen atoms in total. The molecular weight excluding hydrogens is 721 g/mol. The molecule has 0 spiro atoms. The molecule has 57 heavy (non-hydrogen) atoms. The van der Waals surface area contributed by atoms with Gasteiger partial charge in [-0.2, -0.15) is 0 Å². The van der Waals surface area contributed by atoms with Gasteiger partial charge in [0.1, 0.15) is 43.4 Å². The number of carbonyl (C=O) groups excluding carboxylic acids is 3. The maximum atomic E-state index is 14.2. The van der Waals surface area contributed by atoms with Gasteiger partial charge < -0.3 is 40.6 Å². The number of rotatable bonds is 14. The highest BCUT2D eigenvalue weighted by Crippen LogP contribution is 2.33. The van der Waals surface area contributed by atoms with Gasteiger partial charge in [-0.3, -0.25) is 9.59 Å². The molecule has 1 heterocycles. The highest BCUT2D eigenvalue weighted by molar-refractivity contribution is 5.92. The van der Waals surface area contributed by atoms with E-state index in [-0.39, 0.29) is 39.0 Å². The van der Waals surface area contributed by atoms with Crippen molar-refractivity contribution in [3.8, 4) is 22.6 Å². The minimum absolute atomic E-state index is 0.00415. The third-order valence-corrected chi connectivity index (χ3v) is 9.85. The van der Waals surface area contributed by atoms with Crippen molar-refractivity contribution in [3.63, 3.8) is 0 Å². The summed E-state index contributed by atoms with van der Waals surface area (Å²) >= 11 is 0. The number of carbonyl (C=O) groups is 3. The molecule has 296 valence electrons. The number of hydrogen-bond donors (Lipinski definition) is 5. The summed E-state index contributed by atoms with van der Waals surface area (Å²) < 4.78 is 18.5. The average Bonchev–Trinajstić information content (AvgIpc) is 3.24. The zero-order chi connectivity index (χ0) is 40.0. The van der Waals surface area contributed by atoms with Gasteiger partial charge in [-0.05, 0) is 77.3 Å². The Morgan fingerprint density at radius 1 is 0.684 bits per heavy atom. The molecule has 5 aromatic rings. The molecule has 0 fully saturated rings. The Labute approximate surface area is 333 Å². The van der Waals surface area contributed by atoms with Gasteiger partial charge in [-0.1, -0.05) is 103 Å². The van der Waals surface area contributed by atoms with Crippen LogP contribution in [0.25, 0.3) is 11.1 Å². The Morgan fingerprint density at radius 3 is 1.70 bits per heavy atom. The normalized spacial score (nSPS) is 17.6. The summed E-state index contributed by atoms with van der Waals surface area (Å²) in [5.74, 6) is -0.603. The molecule has 0 saturated heterocycles. The Morgan fingerprint density at radius 2 is 1.19 bits per heavy atom. The third-order valence-electron chi connectivity index (χ3n) is 9.85. The van der Waals surface area contributed by atoms with E-state index in [0.717, 1.165) is 33.4 Å². The van der Waals surface area contributed by atoms with Crippen LogP contribution in [0.2, 0.25) is 0 Å². The van der Waals surface area contributed by atoms with Crippen LogP contribution in [0.1, 0.15) is 34.2 Å². The van der Waals surface area contributed by atoms with Gasteiger partial charge >= 0.3 is 5.97 Å². The van der Waals surface area contributed by atoms with E-state index in [1.165, 1.54) is 0 Å². The molecule has 4 atom stereocenters. The second-order valence-corrected chi connectivity index (χ2v) is 14.1. The molecule has 2 amide bonds. The lowest BCUT2D eigenvalue weighted by atomic mass is 9.95. The zero-order valence-electron chi connectivity index (χ0n) is 32.3. The minimum Gasteiger partial charge on any atom is -0.489 e. The van der Waals surface area contributed by atoms with Gasteiger partial charge in [0, 0.05) is 25.8 Å². The number of hydrogen-bond acceptors (Lipinski definition) is 9. The molecule has 1 aliphatic heterocycles. The quantitative estimate of drug-likeness (QED) is 0.0998. The van der Waals surface area contributed by atoms with E-state index in [9.17, 15) is 19.5 Å². The molecule has 0 unspecified atom stereocenters. The van der Waals surface area contributed by atoms with Crippen molar-refractivity contribution >= 4 is 17.8 Å². The predicted octanol–water partition coefficient (Wildman–Crippen LogP) is 4.88. The lowest BCUT2D eigenvalue weighted by molar-refractivity contribution is -0.149. The first kappa shape index (κ1) is 40.6. The maximum absolute atomic E-state index is 14.2. The summed E-state index contributed by atoms with van der Waals surface area (Å²) in [6.45, 7) is 0.787. The van der Waals surface area contributed by atoms with E-state index in [1.54, 1.807) is 14.1 Å². The third kappa shape index (κ3) is 11.5. The Balaban J connectivity index is 1.42. The fraction of sp³-hybridized carbons (Fsp3) is 0.283. The first-order valence-corrected chi connectivity index (χ1v) is 19.2. The molecule has 1 aliphatic rings. The van der Waals surface area contributed by atoms with Crippen LogP contribution in [-0.2, 0) is 51.8 Å². The second kappa shape index (κ2) is 20.2. The van der Waals surface area contributed by atoms with Crippen molar-refractivity contribution in [3.05, 3.63) is 155 Å². The number of amides is 2. The number of aliphatic hydroxyl groups excluding tert-OH is 1. The van der Waals surface area contributed by atoms with Crippen molar-refractivity contribution in [1.29, 1.82) is 0 Å². The Kier molecular flexibility index (Phi) is 14.4. The number of fused-ring (bicyclic) bond motifs is 5. The first-order chi connectivity index (χ1) is 27.8. The van der Waals surface area contributed by atoms with Gasteiger partial charge in [0.05, 0.1) is 12.1 Å². The summed E-state index contributed by atoms with van der Waals surface area (Å²) in [6.07, 6.45) is -0.842. The van der Waals surface area contributed by atoms with E-state index in [4.69, 9.17) is 14.2 Å². The average molecular weight is 771 g/mol. The fourth-order valence-electron chi connectivity index (χ4n) is 6.74. The highest BCUT2D eigenvalue weighted by Gasteiger charge is 2.32. The highest BCUT2D eigenvalue weighted by atomic mass is 16.5. The second-order valence-electron chi connectivity index (χ2n) is 14.1. The molecule has 5 N–H and O–H groups in total. The number of esters is 1. The van der Waals surface area contributed by atoms with Gasteiger partial charge in [0.15, 0.2) is 0 Å². The van der Waals surface area contributed by atoms with Crippen LogP contribution in [0.3, 0.4) is 0 Å². The summed E-state index contributed by atoms with van der Waals surface area (Å²) in [5, 5.41) is 22.6. The van der Waals surface area contributed by atoms with E-state index in [1.807, 2.05) is 127 Å². The van der Waals surface area contributed by atoms with E-state index < -0.39 is 42.0 Å². The van der Waals surface area contributed by atoms with Crippen LogP contribution in [0, 0.1) is 0 Å². The van der Waals surface area contributed by atoms with Crippen LogP contribution in [0.15, 0.2) is 127 Å². The number of aliphatic hydroxyl groups is 1. The first-order valence-electron chi connectivity index (χ1n) is 19.2. The fourth-order valence-corrected chi connectivity index (χ4v) is 6.74. The largest absolute Gasteiger partial charge is 0.489 e. The Bertz CT molecular complexity index is 2080. The summed E-state index contributed by atoms with van der Waals surface area (Å²) in [5.41, 5.74) is 5.88. The van der Waals surface area contributed by atoms with E-state index in [0.29, 0.717) is 23.7 Å². The van der Waals surface area contributed by atoms with Gasteiger partial charge in [0.25, 0.3) is 0 Å². The number of likely N-dealkylation sites (N-methyl/N-ethyl adjacent to an activating group) is 2. The van der Waals surface area contributed by atoms with Crippen molar-refractivity contribution in [2.45, 2.75) is 63.3 Å². The molecule has 0 radical (unpaired) electrons. The topological polar surface area (TPSA) is 147 Å². The van der Waals surface area contributed by atoms with Crippen LogP contribution in [0.5, 0.6) is 11.5 Å². The van der Waals surface area contributed by atoms with Crippen molar-refractivity contribution in [2.24, 2.45) is 0 Å². The summed E-state index contributed by atoms with van der Waals surface area (Å²) in [6, 6.07) is 37.4. The van der Waals surface area contributed by atoms with Crippen molar-refractivity contribution < 1.29 is 33.7 Å². The maximum Gasteiger partial charge on any atom is 0.329 e. The number of benzene rings is 5.